The molecule has 0 fully saturated rings. The van der Waals surface area contributed by atoms with Crippen LogP contribution in [-0.2, 0) is 4.79 Å². The fourth-order valence-corrected chi connectivity index (χ4v) is 3.98. The van der Waals surface area contributed by atoms with Gasteiger partial charge in [-0.3, -0.25) is 4.79 Å². The number of halogens is 2. The summed E-state index contributed by atoms with van der Waals surface area (Å²) in [6, 6.07) is 7.02. The molecule has 1 unspecified atom stereocenters. The maximum atomic E-state index is 12.2. The molecule has 0 aliphatic heterocycles. The molecular formula is C17H23Cl2N3OS2. The monoisotopic (exact) mass is 419 g/mol. The molecule has 1 amide bonds. The van der Waals surface area contributed by atoms with Gasteiger partial charge in [-0.2, -0.15) is 11.8 Å². The van der Waals surface area contributed by atoms with Crippen molar-refractivity contribution in [1.82, 2.24) is 10.3 Å². The Morgan fingerprint density at radius 1 is 1.40 bits per heavy atom. The van der Waals surface area contributed by atoms with Crippen molar-refractivity contribution in [1.29, 1.82) is 0 Å². The quantitative estimate of drug-likeness (QED) is 0.695. The Balaban J connectivity index is 0.00000312. The van der Waals surface area contributed by atoms with Crippen LogP contribution in [0.1, 0.15) is 30.0 Å². The van der Waals surface area contributed by atoms with E-state index in [0.29, 0.717) is 11.4 Å². The fourth-order valence-electron chi connectivity index (χ4n) is 2.29. The van der Waals surface area contributed by atoms with Crippen LogP contribution in [0.3, 0.4) is 0 Å². The lowest BCUT2D eigenvalue weighted by Crippen LogP contribution is -2.41. The molecule has 1 aromatic carbocycles. The fraction of sp³-hybridized carbons (Fsp3) is 0.412. The predicted octanol–water partition coefficient (Wildman–Crippen LogP) is 4.45. The molecular weight excluding hydrogens is 397 g/mol. The van der Waals surface area contributed by atoms with E-state index in [1.165, 1.54) is 0 Å². The standard InChI is InChI=1S/C17H22ClN3OS2.ClH/c1-10(20-16(22)14(19)8-9-23-3)15-11(2)21-17(24-15)12-4-6-13(18)7-5-12;/h4-7,10,14H,8-9,19H2,1-3H3,(H,20,22);1H/t10?,14-;/m0./s1. The zero-order valence-corrected chi connectivity index (χ0v) is 17.6. The third kappa shape index (κ3) is 6.15. The summed E-state index contributed by atoms with van der Waals surface area (Å²) in [5.41, 5.74) is 7.88. The van der Waals surface area contributed by atoms with Crippen molar-refractivity contribution in [2.24, 2.45) is 5.73 Å². The van der Waals surface area contributed by atoms with Crippen LogP contribution in [0.2, 0.25) is 5.02 Å². The number of nitrogens with one attached hydrogen (secondary N) is 1. The SMILES string of the molecule is CSCC[C@H](N)C(=O)NC(C)c1sc(-c2ccc(Cl)cc2)nc1C.Cl. The third-order valence-electron chi connectivity index (χ3n) is 3.65. The number of thioether (sulfide) groups is 1. The normalized spacial score (nSPS) is 13.0. The predicted molar refractivity (Wildman–Crippen MR) is 112 cm³/mol. The first-order valence-electron chi connectivity index (χ1n) is 7.70. The van der Waals surface area contributed by atoms with E-state index < -0.39 is 6.04 Å². The molecule has 0 aliphatic carbocycles. The molecule has 25 heavy (non-hydrogen) atoms. The Hall–Kier alpha value is -0.790. The number of amides is 1. The van der Waals surface area contributed by atoms with Gasteiger partial charge in [0, 0.05) is 10.6 Å². The number of carbonyl (C=O) groups is 1. The topological polar surface area (TPSA) is 68.0 Å². The molecule has 4 nitrogen and oxygen atoms in total. The van der Waals surface area contributed by atoms with Crippen molar-refractivity contribution < 1.29 is 4.79 Å². The maximum Gasteiger partial charge on any atom is 0.237 e. The van der Waals surface area contributed by atoms with Crippen LogP contribution < -0.4 is 11.1 Å². The number of nitrogens with zero attached hydrogens (tertiary/aromatic N) is 1. The first-order valence-corrected chi connectivity index (χ1v) is 10.3. The van der Waals surface area contributed by atoms with Crippen molar-refractivity contribution in [3.05, 3.63) is 39.9 Å². The van der Waals surface area contributed by atoms with Gasteiger partial charge in [0.2, 0.25) is 5.91 Å². The van der Waals surface area contributed by atoms with Gasteiger partial charge in [-0.15, -0.1) is 23.7 Å². The highest BCUT2D eigenvalue weighted by Crippen LogP contribution is 2.32. The average molecular weight is 420 g/mol. The number of benzene rings is 1. The van der Waals surface area contributed by atoms with Gasteiger partial charge >= 0.3 is 0 Å². The van der Waals surface area contributed by atoms with Gasteiger partial charge in [-0.05, 0) is 44.4 Å². The number of aryl methyl sites for hydroxylation is 1. The van der Waals surface area contributed by atoms with Gasteiger partial charge < -0.3 is 11.1 Å². The molecule has 0 bridgehead atoms. The summed E-state index contributed by atoms with van der Waals surface area (Å²) in [7, 11) is 0. The highest BCUT2D eigenvalue weighted by molar-refractivity contribution is 7.98. The molecule has 2 rings (SSSR count). The molecule has 1 heterocycles. The summed E-state index contributed by atoms with van der Waals surface area (Å²) in [4.78, 5) is 17.9. The molecule has 1 aromatic heterocycles. The zero-order valence-electron chi connectivity index (χ0n) is 14.4. The van der Waals surface area contributed by atoms with Gasteiger partial charge in [-0.25, -0.2) is 4.98 Å². The number of hydrogen-bond donors (Lipinski definition) is 2. The summed E-state index contributed by atoms with van der Waals surface area (Å²) >= 11 is 9.21. The summed E-state index contributed by atoms with van der Waals surface area (Å²) in [6.45, 7) is 3.92. The second-order valence-electron chi connectivity index (χ2n) is 5.59. The van der Waals surface area contributed by atoms with Crippen LogP contribution >= 0.6 is 47.1 Å². The third-order valence-corrected chi connectivity index (χ3v) is 5.93. The van der Waals surface area contributed by atoms with Crippen molar-refractivity contribution >= 4 is 53.0 Å². The zero-order chi connectivity index (χ0) is 17.7. The van der Waals surface area contributed by atoms with E-state index in [9.17, 15) is 4.79 Å². The molecule has 2 aromatic rings. The van der Waals surface area contributed by atoms with Crippen LogP contribution in [0.25, 0.3) is 10.6 Å². The summed E-state index contributed by atoms with van der Waals surface area (Å²) in [5.74, 6) is 0.765. The smallest absolute Gasteiger partial charge is 0.237 e. The van der Waals surface area contributed by atoms with Crippen molar-refractivity contribution in [2.45, 2.75) is 32.4 Å². The number of nitrogens with two attached hydrogens (primary N) is 1. The minimum atomic E-state index is -0.469. The Morgan fingerprint density at radius 3 is 2.64 bits per heavy atom. The van der Waals surface area contributed by atoms with E-state index >= 15 is 0 Å². The Morgan fingerprint density at radius 2 is 2.04 bits per heavy atom. The highest BCUT2D eigenvalue weighted by Gasteiger charge is 2.20. The molecule has 0 radical (unpaired) electrons. The summed E-state index contributed by atoms with van der Waals surface area (Å²) < 4.78 is 0. The van der Waals surface area contributed by atoms with Gasteiger partial charge in [-0.1, -0.05) is 23.7 Å². The average Bonchev–Trinajstić information content (AvgIpc) is 2.95. The lowest BCUT2D eigenvalue weighted by atomic mass is 10.2. The Kier molecular flexibility index (Phi) is 9.24. The van der Waals surface area contributed by atoms with E-state index in [4.69, 9.17) is 17.3 Å². The van der Waals surface area contributed by atoms with Gasteiger partial charge in [0.05, 0.1) is 22.7 Å². The summed E-state index contributed by atoms with van der Waals surface area (Å²) in [5, 5.41) is 4.62. The Labute approximate surface area is 168 Å². The largest absolute Gasteiger partial charge is 0.347 e. The summed E-state index contributed by atoms with van der Waals surface area (Å²) in [6.07, 6.45) is 2.68. The second kappa shape index (κ2) is 10.4. The lowest BCUT2D eigenvalue weighted by molar-refractivity contribution is -0.123. The first-order chi connectivity index (χ1) is 11.4. The van der Waals surface area contributed by atoms with E-state index in [2.05, 4.69) is 10.3 Å². The molecule has 0 aliphatic rings. The van der Waals surface area contributed by atoms with E-state index in [1.54, 1.807) is 23.1 Å². The molecule has 0 spiro atoms. The first kappa shape index (κ1) is 22.3. The number of hydrogen-bond acceptors (Lipinski definition) is 5. The van der Waals surface area contributed by atoms with Gasteiger partial charge in [0.15, 0.2) is 0 Å². The number of rotatable bonds is 7. The van der Waals surface area contributed by atoms with Crippen LogP contribution in [0.15, 0.2) is 24.3 Å². The number of aromatic nitrogens is 1. The van der Waals surface area contributed by atoms with Crippen molar-refractivity contribution in [3.8, 4) is 10.6 Å². The second-order valence-corrected chi connectivity index (χ2v) is 8.05. The highest BCUT2D eigenvalue weighted by atomic mass is 35.5. The molecule has 3 N–H and O–H groups in total. The molecule has 2 atom stereocenters. The lowest BCUT2D eigenvalue weighted by Gasteiger charge is -2.16. The minimum Gasteiger partial charge on any atom is -0.347 e. The van der Waals surface area contributed by atoms with Gasteiger partial charge in [0.1, 0.15) is 5.01 Å². The molecule has 0 saturated heterocycles. The van der Waals surface area contributed by atoms with Gasteiger partial charge in [0.25, 0.3) is 0 Å². The van der Waals surface area contributed by atoms with Crippen molar-refractivity contribution in [2.75, 3.05) is 12.0 Å². The Bertz CT molecular complexity index is 692. The number of thiazole rings is 1. The van der Waals surface area contributed by atoms with Crippen LogP contribution in [-0.4, -0.2) is 28.9 Å². The van der Waals surface area contributed by atoms with Crippen molar-refractivity contribution in [3.63, 3.8) is 0 Å². The minimum absolute atomic E-state index is 0. The van der Waals surface area contributed by atoms with E-state index in [-0.39, 0.29) is 24.4 Å². The molecule has 8 heteroatoms. The maximum absolute atomic E-state index is 12.2. The molecule has 0 saturated carbocycles. The van der Waals surface area contributed by atoms with Crippen LogP contribution in [0, 0.1) is 6.92 Å². The van der Waals surface area contributed by atoms with Crippen LogP contribution in [0.5, 0.6) is 0 Å². The number of carbonyl (C=O) groups excluding carboxylic acids is 1. The van der Waals surface area contributed by atoms with E-state index in [1.807, 2.05) is 44.4 Å². The molecule has 138 valence electrons. The van der Waals surface area contributed by atoms with Crippen LogP contribution in [0.4, 0.5) is 0 Å². The van der Waals surface area contributed by atoms with E-state index in [0.717, 1.165) is 26.9 Å².